The van der Waals surface area contributed by atoms with Crippen molar-refractivity contribution in [1.82, 2.24) is 0 Å². The van der Waals surface area contributed by atoms with Gasteiger partial charge in [-0.1, -0.05) is 25.8 Å². The number of hydrogen-bond acceptors (Lipinski definition) is 0. The van der Waals surface area contributed by atoms with Crippen LogP contribution in [0.25, 0.3) is 0 Å². The summed E-state index contributed by atoms with van der Waals surface area (Å²) in [6.45, 7) is 11.5. The molecule has 0 aromatic heterocycles. The lowest BCUT2D eigenvalue weighted by atomic mass is 9.79. The summed E-state index contributed by atoms with van der Waals surface area (Å²) in [5, 5.41) is 0. The Bertz CT molecular complexity index is 426. The van der Waals surface area contributed by atoms with E-state index >= 15 is 0 Å². The smallest absolute Gasteiger partial charge is 0 e. The summed E-state index contributed by atoms with van der Waals surface area (Å²) in [6, 6.07) is 2.44. The highest BCUT2D eigenvalue weighted by molar-refractivity contribution is 5.43. The molecule has 0 atom stereocenters. The molecule has 1 aliphatic rings. The lowest BCUT2D eigenvalue weighted by Crippen LogP contribution is -2.15. The van der Waals surface area contributed by atoms with Gasteiger partial charge in [-0.25, -0.2) is 0 Å². The van der Waals surface area contributed by atoms with E-state index in [4.69, 9.17) is 0 Å². The third-order valence-electron chi connectivity index (χ3n) is 5.23. The van der Waals surface area contributed by atoms with E-state index in [0.717, 1.165) is 11.8 Å². The highest BCUT2D eigenvalue weighted by Crippen LogP contribution is 2.32. The molecule has 0 spiro atoms. The van der Waals surface area contributed by atoms with E-state index in [1.54, 1.807) is 5.56 Å². The van der Waals surface area contributed by atoms with E-state index < -0.39 is 0 Å². The summed E-state index contributed by atoms with van der Waals surface area (Å²) >= 11 is 0. The second-order valence-electron chi connectivity index (χ2n) is 6.56. The Morgan fingerprint density at radius 3 is 2.17 bits per heavy atom. The van der Waals surface area contributed by atoms with E-state index in [0.29, 0.717) is 0 Å². The molecule has 0 nitrogen and oxygen atoms in total. The van der Waals surface area contributed by atoms with Crippen molar-refractivity contribution in [3.8, 4) is 0 Å². The highest BCUT2D eigenvalue weighted by atomic mass is 14.2. The molecule has 0 bridgehead atoms. The first kappa shape index (κ1) is 13.6. The largest absolute Gasteiger partial charge is 0.0625 e. The van der Waals surface area contributed by atoms with Gasteiger partial charge >= 0.3 is 0 Å². The van der Waals surface area contributed by atoms with Crippen LogP contribution in [0.2, 0.25) is 0 Å². The number of benzene rings is 1. The first-order valence-electron chi connectivity index (χ1n) is 7.55. The molecule has 0 N–H and O–H groups in total. The summed E-state index contributed by atoms with van der Waals surface area (Å²) < 4.78 is 0. The third kappa shape index (κ3) is 2.79. The minimum absolute atomic E-state index is 0. The van der Waals surface area contributed by atoms with Gasteiger partial charge in [-0.3, -0.25) is 0 Å². The normalized spacial score (nSPS) is 24.3. The van der Waals surface area contributed by atoms with Crippen LogP contribution >= 0.6 is 0 Å². The maximum atomic E-state index is 2.44. The molecule has 0 heteroatoms. The number of hydrogen-bond donors (Lipinski definition) is 0. The highest BCUT2D eigenvalue weighted by Gasteiger charge is 2.19. The van der Waals surface area contributed by atoms with Crippen LogP contribution in [0.3, 0.4) is 0 Å². The third-order valence-corrected chi connectivity index (χ3v) is 5.23. The molecule has 2 rings (SSSR count). The fourth-order valence-electron chi connectivity index (χ4n) is 3.35. The monoisotopic (exact) mass is 246 g/mol. The number of rotatable bonds is 2. The summed E-state index contributed by atoms with van der Waals surface area (Å²) in [6.07, 6.45) is 7.06. The van der Waals surface area contributed by atoms with Crippen LogP contribution in [-0.2, 0) is 6.42 Å². The molecule has 0 unspecified atom stereocenters. The van der Waals surface area contributed by atoms with Crippen molar-refractivity contribution in [2.24, 2.45) is 11.8 Å². The summed E-state index contributed by atoms with van der Waals surface area (Å²) in [5.74, 6) is 1.89. The first-order valence-corrected chi connectivity index (χ1v) is 7.55. The lowest BCUT2D eigenvalue weighted by molar-refractivity contribution is 0.288. The van der Waals surface area contributed by atoms with Gasteiger partial charge in [-0.15, -0.1) is 0 Å². The minimum Gasteiger partial charge on any atom is -0.0625 e. The maximum absolute atomic E-state index is 2.44. The lowest BCUT2D eigenvalue weighted by Gasteiger charge is -2.27. The van der Waals surface area contributed by atoms with Gasteiger partial charge in [0.1, 0.15) is 0 Å². The zero-order valence-electron chi connectivity index (χ0n) is 12.8. The maximum Gasteiger partial charge on any atom is 0 e. The molecular formula is C18H30. The predicted molar refractivity (Wildman–Crippen MR) is 82.3 cm³/mol. The van der Waals surface area contributed by atoms with E-state index in [1.807, 2.05) is 0 Å². The van der Waals surface area contributed by atoms with Crippen LogP contribution < -0.4 is 0 Å². The van der Waals surface area contributed by atoms with Crippen LogP contribution in [0.4, 0.5) is 0 Å². The molecular weight excluding hydrogens is 216 g/mol. The quantitative estimate of drug-likeness (QED) is 0.643. The van der Waals surface area contributed by atoms with Gasteiger partial charge in [0, 0.05) is 1.43 Å². The Hall–Kier alpha value is -0.780. The van der Waals surface area contributed by atoms with Crippen LogP contribution in [0.15, 0.2) is 6.07 Å². The van der Waals surface area contributed by atoms with Crippen molar-refractivity contribution >= 4 is 0 Å². The van der Waals surface area contributed by atoms with Crippen molar-refractivity contribution < 1.29 is 1.43 Å². The van der Waals surface area contributed by atoms with Crippen molar-refractivity contribution in [1.29, 1.82) is 0 Å². The van der Waals surface area contributed by atoms with Crippen LogP contribution in [0, 0.1) is 39.5 Å². The van der Waals surface area contributed by atoms with Gasteiger partial charge < -0.3 is 0 Å². The topological polar surface area (TPSA) is 0 Å². The van der Waals surface area contributed by atoms with Crippen LogP contribution in [0.5, 0.6) is 0 Å². The molecule has 0 saturated heterocycles. The standard InChI is InChI=1S/C18H28.H2/c1-12-6-8-17(9-7-12)11-18-10-13(2)14(3)15(4)16(18)5;/h10,12,17H,6-9,11H2,1-5H3;1H. The first-order chi connectivity index (χ1) is 8.49. The molecule has 1 aromatic rings. The van der Waals surface area contributed by atoms with Gasteiger partial charge in [0.25, 0.3) is 0 Å². The van der Waals surface area contributed by atoms with E-state index in [-0.39, 0.29) is 1.43 Å². The molecule has 1 aromatic carbocycles. The molecule has 18 heavy (non-hydrogen) atoms. The van der Waals surface area contributed by atoms with E-state index in [9.17, 15) is 0 Å². The molecule has 0 aliphatic heterocycles. The second kappa shape index (κ2) is 5.47. The van der Waals surface area contributed by atoms with Gasteiger partial charge in [-0.05, 0) is 86.6 Å². The average Bonchev–Trinajstić information content (AvgIpc) is 2.36. The molecule has 0 amide bonds. The Balaban J connectivity index is 0.00000180. The fourth-order valence-corrected chi connectivity index (χ4v) is 3.35. The van der Waals surface area contributed by atoms with Crippen LogP contribution in [0.1, 0.15) is 61.9 Å². The second-order valence-corrected chi connectivity index (χ2v) is 6.56. The SMILES string of the molecule is Cc1cc(CC2CCC(C)CC2)c(C)c(C)c1C.[HH]. The van der Waals surface area contributed by atoms with Gasteiger partial charge in [0.2, 0.25) is 0 Å². The van der Waals surface area contributed by atoms with Crippen molar-refractivity contribution in [2.75, 3.05) is 0 Å². The molecule has 0 radical (unpaired) electrons. The molecule has 0 heterocycles. The van der Waals surface area contributed by atoms with E-state index in [1.165, 1.54) is 54.4 Å². The van der Waals surface area contributed by atoms with Crippen molar-refractivity contribution in [2.45, 2.75) is 66.7 Å². The van der Waals surface area contributed by atoms with Crippen LogP contribution in [-0.4, -0.2) is 0 Å². The summed E-state index contributed by atoms with van der Waals surface area (Å²) in [5.41, 5.74) is 7.60. The van der Waals surface area contributed by atoms with Crippen molar-refractivity contribution in [3.05, 3.63) is 33.9 Å². The zero-order valence-corrected chi connectivity index (χ0v) is 12.8. The summed E-state index contributed by atoms with van der Waals surface area (Å²) in [4.78, 5) is 0. The van der Waals surface area contributed by atoms with Gasteiger partial charge in [0.05, 0.1) is 0 Å². The van der Waals surface area contributed by atoms with Gasteiger partial charge in [0.15, 0.2) is 0 Å². The van der Waals surface area contributed by atoms with Gasteiger partial charge in [-0.2, -0.15) is 0 Å². The number of aryl methyl sites for hydroxylation is 1. The Kier molecular flexibility index (Phi) is 4.14. The Labute approximate surface area is 114 Å². The fraction of sp³-hybridized carbons (Fsp3) is 0.667. The van der Waals surface area contributed by atoms with Crippen molar-refractivity contribution in [3.63, 3.8) is 0 Å². The minimum atomic E-state index is 0. The average molecular weight is 246 g/mol. The zero-order chi connectivity index (χ0) is 13.3. The molecule has 102 valence electrons. The molecule has 1 saturated carbocycles. The van der Waals surface area contributed by atoms with E-state index in [2.05, 4.69) is 40.7 Å². The Morgan fingerprint density at radius 2 is 1.56 bits per heavy atom. The Morgan fingerprint density at radius 1 is 0.944 bits per heavy atom. The summed E-state index contributed by atoms with van der Waals surface area (Å²) in [7, 11) is 0. The molecule has 1 aliphatic carbocycles. The molecule has 1 fully saturated rings. The predicted octanol–water partition coefficient (Wildman–Crippen LogP) is 5.54.